The smallest absolute Gasteiger partial charge is 0.191 e. The molecule has 0 spiro atoms. The average molecular weight is 295 g/mol. The number of aliphatic imine (C=N–C) groups is 1. The molecule has 2 rings (SSSR count). The van der Waals surface area contributed by atoms with Gasteiger partial charge in [-0.3, -0.25) is 4.99 Å². The Morgan fingerprint density at radius 3 is 2.95 bits per heavy atom. The number of hydrogen-bond acceptors (Lipinski definition) is 4. The van der Waals surface area contributed by atoms with E-state index in [1.165, 1.54) is 0 Å². The Bertz CT molecular complexity index is 461. The summed E-state index contributed by atoms with van der Waals surface area (Å²) in [6.45, 7) is 2.12. The summed E-state index contributed by atoms with van der Waals surface area (Å²) in [6, 6.07) is 7.37. The Kier molecular flexibility index (Phi) is 5.55. The zero-order valence-electron chi connectivity index (χ0n) is 11.7. The molecule has 0 amide bonds. The highest BCUT2D eigenvalue weighted by molar-refractivity contribution is 7.99. The highest BCUT2D eigenvalue weighted by atomic mass is 32.2. The van der Waals surface area contributed by atoms with Crippen LogP contribution in [0.4, 0.5) is 0 Å². The van der Waals surface area contributed by atoms with Crippen molar-refractivity contribution in [1.29, 1.82) is 0 Å². The molecule has 6 heteroatoms. The Labute approximate surface area is 123 Å². The number of thioether (sulfide) groups is 1. The SMILES string of the molecule is COc1cccc(C(O)CN=C(N)N2CCSCC2)c1. The van der Waals surface area contributed by atoms with E-state index in [9.17, 15) is 5.11 Å². The lowest BCUT2D eigenvalue weighted by molar-refractivity contribution is 0.186. The molecule has 1 atom stereocenters. The van der Waals surface area contributed by atoms with Gasteiger partial charge in [-0.1, -0.05) is 12.1 Å². The Morgan fingerprint density at radius 2 is 2.25 bits per heavy atom. The molecule has 3 N–H and O–H groups in total. The van der Waals surface area contributed by atoms with E-state index in [4.69, 9.17) is 10.5 Å². The molecule has 0 aromatic heterocycles. The predicted octanol–water partition coefficient (Wildman–Crippen LogP) is 1.09. The molecule has 1 fully saturated rings. The summed E-state index contributed by atoms with van der Waals surface area (Å²) in [5, 5.41) is 10.1. The van der Waals surface area contributed by atoms with Crippen molar-refractivity contribution in [3.8, 4) is 5.75 Å². The molecular formula is C14H21N3O2S. The van der Waals surface area contributed by atoms with Gasteiger partial charge in [0.2, 0.25) is 0 Å². The topological polar surface area (TPSA) is 71.1 Å². The van der Waals surface area contributed by atoms with Crippen LogP contribution in [0.25, 0.3) is 0 Å². The van der Waals surface area contributed by atoms with Crippen molar-refractivity contribution in [1.82, 2.24) is 4.90 Å². The van der Waals surface area contributed by atoms with Gasteiger partial charge in [0.1, 0.15) is 5.75 Å². The van der Waals surface area contributed by atoms with Gasteiger partial charge in [0.25, 0.3) is 0 Å². The van der Waals surface area contributed by atoms with Gasteiger partial charge in [0.15, 0.2) is 5.96 Å². The van der Waals surface area contributed by atoms with Crippen molar-refractivity contribution >= 4 is 17.7 Å². The summed E-state index contributed by atoms with van der Waals surface area (Å²) in [7, 11) is 1.61. The quantitative estimate of drug-likeness (QED) is 0.643. The highest BCUT2D eigenvalue weighted by Gasteiger charge is 2.13. The maximum absolute atomic E-state index is 10.1. The first-order valence-electron chi connectivity index (χ1n) is 6.65. The van der Waals surface area contributed by atoms with Gasteiger partial charge < -0.3 is 20.5 Å². The minimum absolute atomic E-state index is 0.267. The molecule has 1 heterocycles. The second-order valence-electron chi connectivity index (χ2n) is 4.59. The summed E-state index contributed by atoms with van der Waals surface area (Å²) in [6.07, 6.45) is -0.664. The third-order valence-corrected chi connectivity index (χ3v) is 4.18. The van der Waals surface area contributed by atoms with Crippen LogP contribution in [0.5, 0.6) is 5.75 Å². The van der Waals surface area contributed by atoms with E-state index in [1.54, 1.807) is 7.11 Å². The van der Waals surface area contributed by atoms with Crippen LogP contribution in [0, 0.1) is 0 Å². The number of rotatable bonds is 4. The molecule has 110 valence electrons. The fourth-order valence-electron chi connectivity index (χ4n) is 2.03. The maximum Gasteiger partial charge on any atom is 0.191 e. The lowest BCUT2D eigenvalue weighted by Gasteiger charge is -2.27. The van der Waals surface area contributed by atoms with Crippen LogP contribution in [0.3, 0.4) is 0 Å². The lowest BCUT2D eigenvalue weighted by Crippen LogP contribution is -2.42. The standard InChI is InChI=1S/C14H21N3O2S/c1-19-12-4-2-3-11(9-12)13(18)10-16-14(15)17-5-7-20-8-6-17/h2-4,9,13,18H,5-8,10H2,1H3,(H2,15,16). The fourth-order valence-corrected chi connectivity index (χ4v) is 2.93. The van der Waals surface area contributed by atoms with E-state index in [1.807, 2.05) is 36.0 Å². The van der Waals surface area contributed by atoms with Gasteiger partial charge >= 0.3 is 0 Å². The molecule has 1 aromatic rings. The van der Waals surface area contributed by atoms with Crippen molar-refractivity contribution in [3.63, 3.8) is 0 Å². The molecule has 1 saturated heterocycles. The normalized spacial score (nSPS) is 17.9. The number of aliphatic hydroxyl groups is 1. The van der Waals surface area contributed by atoms with Crippen LogP contribution < -0.4 is 10.5 Å². The lowest BCUT2D eigenvalue weighted by atomic mass is 10.1. The summed E-state index contributed by atoms with van der Waals surface area (Å²) in [5.74, 6) is 3.40. The second-order valence-corrected chi connectivity index (χ2v) is 5.82. The number of hydrogen-bond donors (Lipinski definition) is 2. The van der Waals surface area contributed by atoms with E-state index in [0.717, 1.165) is 35.9 Å². The van der Waals surface area contributed by atoms with Crippen molar-refractivity contribution in [3.05, 3.63) is 29.8 Å². The molecule has 1 unspecified atom stereocenters. The van der Waals surface area contributed by atoms with Crippen LogP contribution >= 0.6 is 11.8 Å². The molecule has 0 aliphatic carbocycles. The van der Waals surface area contributed by atoms with Crippen LogP contribution in [0.1, 0.15) is 11.7 Å². The van der Waals surface area contributed by atoms with E-state index in [2.05, 4.69) is 9.89 Å². The Balaban J connectivity index is 1.94. The molecule has 1 aliphatic rings. The molecule has 5 nitrogen and oxygen atoms in total. The largest absolute Gasteiger partial charge is 0.497 e. The van der Waals surface area contributed by atoms with Gasteiger partial charge in [0, 0.05) is 24.6 Å². The van der Waals surface area contributed by atoms with Crippen molar-refractivity contribution in [2.24, 2.45) is 10.7 Å². The van der Waals surface area contributed by atoms with E-state index >= 15 is 0 Å². The van der Waals surface area contributed by atoms with E-state index in [-0.39, 0.29) is 6.54 Å². The van der Waals surface area contributed by atoms with Gasteiger partial charge in [-0.05, 0) is 17.7 Å². The Hall–Kier alpha value is -1.40. The highest BCUT2D eigenvalue weighted by Crippen LogP contribution is 2.19. The van der Waals surface area contributed by atoms with Crippen LogP contribution in [0.15, 0.2) is 29.3 Å². The molecular weight excluding hydrogens is 274 g/mol. The van der Waals surface area contributed by atoms with Gasteiger partial charge in [-0.25, -0.2) is 0 Å². The second kappa shape index (κ2) is 7.40. The molecule has 20 heavy (non-hydrogen) atoms. The first kappa shape index (κ1) is 15.0. The molecule has 0 saturated carbocycles. The van der Waals surface area contributed by atoms with Gasteiger partial charge in [-0.15, -0.1) is 0 Å². The molecule has 1 aromatic carbocycles. The zero-order chi connectivity index (χ0) is 14.4. The third-order valence-electron chi connectivity index (χ3n) is 3.24. The first-order chi connectivity index (χ1) is 9.70. The van der Waals surface area contributed by atoms with Crippen molar-refractivity contribution in [2.45, 2.75) is 6.10 Å². The third kappa shape index (κ3) is 4.05. The number of methoxy groups -OCH3 is 1. The summed E-state index contributed by atoms with van der Waals surface area (Å²) in [5.41, 5.74) is 6.75. The predicted molar refractivity (Wildman–Crippen MR) is 83.3 cm³/mol. The van der Waals surface area contributed by atoms with E-state index in [0.29, 0.717) is 5.96 Å². The number of nitrogens with two attached hydrogens (primary N) is 1. The minimum Gasteiger partial charge on any atom is -0.497 e. The zero-order valence-corrected chi connectivity index (χ0v) is 12.5. The minimum atomic E-state index is -0.664. The number of guanidine groups is 1. The van der Waals surface area contributed by atoms with Crippen LogP contribution in [-0.2, 0) is 0 Å². The molecule has 0 bridgehead atoms. The van der Waals surface area contributed by atoms with Crippen molar-refractivity contribution in [2.75, 3.05) is 38.2 Å². The fraction of sp³-hybridized carbons (Fsp3) is 0.500. The average Bonchev–Trinajstić information content (AvgIpc) is 2.53. The number of benzene rings is 1. The molecule has 1 aliphatic heterocycles. The monoisotopic (exact) mass is 295 g/mol. The first-order valence-corrected chi connectivity index (χ1v) is 7.81. The van der Waals surface area contributed by atoms with Gasteiger partial charge in [-0.2, -0.15) is 11.8 Å². The summed E-state index contributed by atoms with van der Waals surface area (Å²) < 4.78 is 5.14. The Morgan fingerprint density at radius 1 is 1.50 bits per heavy atom. The summed E-state index contributed by atoms with van der Waals surface area (Å²) >= 11 is 1.93. The number of nitrogens with zero attached hydrogens (tertiary/aromatic N) is 2. The number of aliphatic hydroxyl groups excluding tert-OH is 1. The van der Waals surface area contributed by atoms with Crippen molar-refractivity contribution < 1.29 is 9.84 Å². The van der Waals surface area contributed by atoms with Crippen LogP contribution in [0.2, 0.25) is 0 Å². The summed E-state index contributed by atoms with van der Waals surface area (Å²) in [4.78, 5) is 6.36. The number of ether oxygens (including phenoxy) is 1. The maximum atomic E-state index is 10.1. The van der Waals surface area contributed by atoms with Crippen LogP contribution in [-0.4, -0.2) is 54.2 Å². The molecule has 0 radical (unpaired) electrons. The van der Waals surface area contributed by atoms with Gasteiger partial charge in [0.05, 0.1) is 19.8 Å². The van der Waals surface area contributed by atoms with E-state index < -0.39 is 6.10 Å².